The van der Waals surface area contributed by atoms with Gasteiger partial charge in [-0.1, -0.05) is 36.4 Å². The van der Waals surface area contributed by atoms with Crippen LogP contribution in [0.5, 0.6) is 0 Å². The van der Waals surface area contributed by atoms with Gasteiger partial charge in [-0.15, -0.1) is 0 Å². The first-order valence-corrected chi connectivity index (χ1v) is 12.3. The Kier molecular flexibility index (Phi) is 5.63. The number of rotatable bonds is 4. The highest BCUT2D eigenvalue weighted by atomic mass is 16.5. The summed E-state index contributed by atoms with van der Waals surface area (Å²) in [5.74, 6) is 0.863. The van der Waals surface area contributed by atoms with Crippen molar-refractivity contribution in [3.05, 3.63) is 77.9 Å². The van der Waals surface area contributed by atoms with E-state index in [-0.39, 0.29) is 24.2 Å². The summed E-state index contributed by atoms with van der Waals surface area (Å²) < 4.78 is 12.0. The predicted molar refractivity (Wildman–Crippen MR) is 141 cm³/mol. The van der Waals surface area contributed by atoms with Gasteiger partial charge in [-0.2, -0.15) is 0 Å². The molecule has 0 radical (unpaired) electrons. The Hall–Kier alpha value is -3.48. The van der Waals surface area contributed by atoms with Gasteiger partial charge >= 0.3 is 0 Å². The lowest BCUT2D eigenvalue weighted by molar-refractivity contribution is -0.00521. The summed E-state index contributed by atoms with van der Waals surface area (Å²) in [6.45, 7) is 6.09. The number of nitrogens with one attached hydrogen (secondary N) is 1. The Morgan fingerprint density at radius 1 is 0.943 bits per heavy atom. The van der Waals surface area contributed by atoms with Gasteiger partial charge in [0.05, 0.1) is 35.0 Å². The number of anilines is 1. The Morgan fingerprint density at radius 2 is 1.71 bits per heavy atom. The minimum atomic E-state index is -0.124. The quantitative estimate of drug-likeness (QED) is 0.399. The molecular weight excluding hydrogens is 436 g/mol. The minimum Gasteiger partial charge on any atom is -0.376 e. The molecule has 2 aliphatic heterocycles. The van der Waals surface area contributed by atoms with E-state index in [4.69, 9.17) is 19.5 Å². The number of methoxy groups -OCH3 is 1. The number of fused-ring (bicyclic) bond motifs is 2. The van der Waals surface area contributed by atoms with E-state index in [2.05, 4.69) is 66.2 Å². The maximum atomic E-state index is 6.06. The number of imidazole rings is 1. The zero-order valence-electron chi connectivity index (χ0n) is 20.3. The van der Waals surface area contributed by atoms with Crippen LogP contribution >= 0.6 is 0 Å². The highest BCUT2D eigenvalue weighted by Gasteiger charge is 2.31. The fraction of sp³-hybridized carbons (Fsp3) is 0.310. The normalized spacial score (nSPS) is 24.0. The number of nitrogens with zero attached hydrogens (tertiary/aromatic N) is 3. The van der Waals surface area contributed by atoms with Gasteiger partial charge in [-0.3, -0.25) is 4.99 Å². The smallest absolute Gasteiger partial charge is 0.140 e. The number of hydrogen-bond donors (Lipinski definition) is 1. The third-order valence-electron chi connectivity index (χ3n) is 7.03. The maximum Gasteiger partial charge on any atom is 0.140 e. The van der Waals surface area contributed by atoms with E-state index < -0.39 is 0 Å². The van der Waals surface area contributed by atoms with Crippen molar-refractivity contribution in [3.8, 4) is 11.4 Å². The van der Waals surface area contributed by atoms with Crippen molar-refractivity contribution in [1.82, 2.24) is 9.97 Å². The molecule has 0 bridgehead atoms. The first kappa shape index (κ1) is 22.0. The largest absolute Gasteiger partial charge is 0.376 e. The van der Waals surface area contributed by atoms with Gasteiger partial charge in [-0.05, 0) is 49.7 Å². The van der Waals surface area contributed by atoms with Gasteiger partial charge in [0.15, 0.2) is 0 Å². The van der Waals surface area contributed by atoms with Crippen LogP contribution in [0.25, 0.3) is 22.4 Å². The molecule has 4 aromatic rings. The molecule has 178 valence electrons. The average Bonchev–Trinajstić information content (AvgIpc) is 3.31. The molecule has 0 aliphatic carbocycles. The lowest BCUT2D eigenvalue weighted by atomic mass is 9.86. The van der Waals surface area contributed by atoms with E-state index in [1.807, 2.05) is 30.5 Å². The molecule has 3 heterocycles. The van der Waals surface area contributed by atoms with Crippen LogP contribution in [0.4, 0.5) is 11.4 Å². The molecule has 6 nitrogen and oxygen atoms in total. The van der Waals surface area contributed by atoms with Crippen LogP contribution < -0.4 is 4.90 Å². The van der Waals surface area contributed by atoms with Crippen LogP contribution in [0.1, 0.15) is 37.0 Å². The average molecular weight is 467 g/mol. The fourth-order valence-corrected chi connectivity index (χ4v) is 5.46. The third kappa shape index (κ3) is 4.03. The molecule has 4 unspecified atom stereocenters. The number of hydrogen-bond acceptors (Lipinski definition) is 5. The Labute approximate surface area is 205 Å². The zero-order valence-corrected chi connectivity index (χ0v) is 20.3. The van der Waals surface area contributed by atoms with Gasteiger partial charge in [-0.25, -0.2) is 4.98 Å². The van der Waals surface area contributed by atoms with Gasteiger partial charge < -0.3 is 19.4 Å². The monoisotopic (exact) mass is 466 g/mol. The number of aromatic amines is 1. The van der Waals surface area contributed by atoms with E-state index in [0.717, 1.165) is 46.8 Å². The van der Waals surface area contributed by atoms with Crippen LogP contribution in [0.2, 0.25) is 0 Å². The van der Waals surface area contributed by atoms with E-state index in [1.54, 1.807) is 7.11 Å². The van der Waals surface area contributed by atoms with Crippen molar-refractivity contribution in [2.45, 2.75) is 38.1 Å². The van der Waals surface area contributed by atoms with Crippen LogP contribution in [0.3, 0.4) is 0 Å². The molecule has 1 saturated heterocycles. The van der Waals surface area contributed by atoms with Gasteiger partial charge in [0.2, 0.25) is 0 Å². The summed E-state index contributed by atoms with van der Waals surface area (Å²) in [6, 6.07) is 23.2. The van der Waals surface area contributed by atoms with Crippen molar-refractivity contribution in [3.63, 3.8) is 0 Å². The lowest BCUT2D eigenvalue weighted by Gasteiger charge is -2.37. The topological polar surface area (TPSA) is 62.7 Å². The van der Waals surface area contributed by atoms with Crippen molar-refractivity contribution in [1.29, 1.82) is 0 Å². The number of para-hydroxylation sites is 3. The second kappa shape index (κ2) is 8.95. The van der Waals surface area contributed by atoms with Crippen LogP contribution in [-0.4, -0.2) is 48.6 Å². The SMILES string of the molecule is COC1c2cccc(-c3nc4ccccc4[nH]3)c2N=CC1c1ccc(N2CC(C)OC(C)C2)cc1. The molecule has 35 heavy (non-hydrogen) atoms. The zero-order chi connectivity index (χ0) is 23.9. The maximum absolute atomic E-state index is 6.06. The number of aliphatic imine (C=N–C) groups is 1. The van der Waals surface area contributed by atoms with E-state index in [1.165, 1.54) is 11.3 Å². The second-order valence-electron chi connectivity index (χ2n) is 9.56. The molecule has 0 saturated carbocycles. The van der Waals surface area contributed by atoms with E-state index in [9.17, 15) is 0 Å². The van der Waals surface area contributed by atoms with E-state index >= 15 is 0 Å². The highest BCUT2D eigenvalue weighted by molar-refractivity contribution is 5.87. The summed E-state index contributed by atoms with van der Waals surface area (Å²) in [4.78, 5) is 15.6. The van der Waals surface area contributed by atoms with Crippen LogP contribution in [0, 0.1) is 0 Å². The number of benzene rings is 3. The molecule has 6 rings (SSSR count). The van der Waals surface area contributed by atoms with Crippen molar-refractivity contribution in [2.24, 2.45) is 4.99 Å². The summed E-state index contributed by atoms with van der Waals surface area (Å²) in [7, 11) is 1.78. The number of morpholine rings is 1. The minimum absolute atomic E-state index is 0.0370. The third-order valence-corrected chi connectivity index (χ3v) is 7.03. The molecule has 4 atom stereocenters. The standard InChI is InChI=1S/C29H30N4O2/c1-18-16-33(17-19(2)35-18)21-13-11-20(12-14-21)24-15-30-27-22(28(24)34-3)7-6-8-23(27)29-31-25-9-4-5-10-26(25)32-29/h4-15,18-19,24,28H,16-17H2,1-3H3,(H,31,32). The number of ether oxygens (including phenoxy) is 2. The Balaban J connectivity index is 1.31. The first-order valence-electron chi connectivity index (χ1n) is 12.3. The summed E-state index contributed by atoms with van der Waals surface area (Å²) in [6.07, 6.45) is 2.37. The Morgan fingerprint density at radius 3 is 2.46 bits per heavy atom. The van der Waals surface area contributed by atoms with Gasteiger partial charge in [0, 0.05) is 49.1 Å². The van der Waals surface area contributed by atoms with Crippen molar-refractivity contribution >= 4 is 28.6 Å². The summed E-state index contributed by atoms with van der Waals surface area (Å²) in [5.41, 5.74) is 7.38. The van der Waals surface area contributed by atoms with Gasteiger partial charge in [0.25, 0.3) is 0 Å². The molecule has 3 aromatic carbocycles. The summed E-state index contributed by atoms with van der Waals surface area (Å²) in [5, 5.41) is 0. The fourth-order valence-electron chi connectivity index (χ4n) is 5.46. The van der Waals surface area contributed by atoms with Gasteiger partial charge in [0.1, 0.15) is 5.82 Å². The first-order chi connectivity index (χ1) is 17.1. The molecule has 6 heteroatoms. The molecule has 0 spiro atoms. The lowest BCUT2D eigenvalue weighted by Crippen LogP contribution is -2.45. The Bertz CT molecular complexity index is 1330. The second-order valence-corrected chi connectivity index (χ2v) is 9.56. The predicted octanol–water partition coefficient (Wildman–Crippen LogP) is 6.03. The number of aromatic nitrogens is 2. The molecular formula is C29H30N4O2. The molecule has 0 amide bonds. The molecule has 1 fully saturated rings. The summed E-state index contributed by atoms with van der Waals surface area (Å²) >= 11 is 0. The van der Waals surface area contributed by atoms with Crippen LogP contribution in [0.15, 0.2) is 71.7 Å². The van der Waals surface area contributed by atoms with Crippen LogP contribution in [-0.2, 0) is 9.47 Å². The molecule has 1 N–H and O–H groups in total. The number of H-pyrrole nitrogens is 1. The highest BCUT2D eigenvalue weighted by Crippen LogP contribution is 2.45. The molecule has 2 aliphatic rings. The molecule has 1 aromatic heterocycles. The van der Waals surface area contributed by atoms with Crippen molar-refractivity contribution in [2.75, 3.05) is 25.1 Å². The van der Waals surface area contributed by atoms with Crippen molar-refractivity contribution < 1.29 is 9.47 Å². The van der Waals surface area contributed by atoms with E-state index in [0.29, 0.717) is 0 Å².